The van der Waals surface area contributed by atoms with Gasteiger partial charge in [0.05, 0.1) is 11.3 Å². The quantitative estimate of drug-likeness (QED) is 0.673. The summed E-state index contributed by atoms with van der Waals surface area (Å²) in [5.41, 5.74) is 4.61. The smallest absolute Gasteiger partial charge is 0.207 e. The Morgan fingerprint density at radius 3 is 2.55 bits per heavy atom. The van der Waals surface area contributed by atoms with Crippen LogP contribution in [0.1, 0.15) is 15.9 Å². The molecule has 108 valence electrons. The van der Waals surface area contributed by atoms with Gasteiger partial charge in [-0.15, -0.1) is 10.9 Å². The van der Waals surface area contributed by atoms with Crippen LogP contribution in [0.25, 0.3) is 10.8 Å². The summed E-state index contributed by atoms with van der Waals surface area (Å²) >= 11 is 0. The lowest BCUT2D eigenvalue weighted by Crippen LogP contribution is -2.07. The number of thiol groups is 1. The van der Waals surface area contributed by atoms with Crippen LogP contribution in [-0.4, -0.2) is 10.7 Å². The number of benzene rings is 3. The molecule has 1 heterocycles. The third-order valence-electron chi connectivity index (χ3n) is 3.90. The van der Waals surface area contributed by atoms with Crippen LogP contribution in [0.3, 0.4) is 0 Å². The Kier molecular flexibility index (Phi) is 3.28. The second-order valence-corrected chi connectivity index (χ2v) is 7.27. The minimum absolute atomic E-state index is 0.230. The predicted octanol–water partition coefficient (Wildman–Crippen LogP) is 4.85. The standard InChI is InChI=1S/C19H15NOS/c21-19-17-7-3-4-8-18(17)20-13-22(19)12-14-9-10-15-5-1-2-6-16(15)11-14/h1-11,13,22H,12H2. The van der Waals surface area contributed by atoms with Crippen molar-refractivity contribution >= 4 is 38.0 Å². The van der Waals surface area contributed by atoms with Gasteiger partial charge in [-0.2, -0.15) is 0 Å². The monoisotopic (exact) mass is 305 g/mol. The molecule has 22 heavy (non-hydrogen) atoms. The molecule has 0 radical (unpaired) electrons. The van der Waals surface area contributed by atoms with Gasteiger partial charge in [0.2, 0.25) is 5.12 Å². The number of rotatable bonds is 2. The average molecular weight is 305 g/mol. The fraction of sp³-hybridized carbons (Fsp3) is 0.0526. The zero-order valence-corrected chi connectivity index (χ0v) is 12.8. The molecule has 3 aromatic carbocycles. The largest absolute Gasteiger partial charge is 0.283 e. The molecule has 3 aromatic rings. The Hall–Kier alpha value is -2.39. The second kappa shape index (κ2) is 5.43. The van der Waals surface area contributed by atoms with Gasteiger partial charge in [-0.05, 0) is 28.5 Å². The van der Waals surface area contributed by atoms with Gasteiger partial charge in [-0.3, -0.25) is 9.79 Å². The summed E-state index contributed by atoms with van der Waals surface area (Å²) in [4.78, 5) is 17.1. The van der Waals surface area contributed by atoms with Crippen molar-refractivity contribution in [3.05, 3.63) is 77.9 Å². The maximum absolute atomic E-state index is 12.6. The van der Waals surface area contributed by atoms with E-state index in [2.05, 4.69) is 35.3 Å². The van der Waals surface area contributed by atoms with Crippen molar-refractivity contribution in [3.63, 3.8) is 0 Å². The first kappa shape index (κ1) is 13.3. The first-order valence-corrected chi connectivity index (χ1v) is 8.83. The number of aliphatic imine (C=N–C) groups is 1. The lowest BCUT2D eigenvalue weighted by atomic mass is 10.1. The van der Waals surface area contributed by atoms with Crippen LogP contribution in [0.2, 0.25) is 0 Å². The Morgan fingerprint density at radius 2 is 1.64 bits per heavy atom. The van der Waals surface area contributed by atoms with E-state index in [1.807, 2.05) is 41.9 Å². The molecule has 3 heteroatoms. The van der Waals surface area contributed by atoms with E-state index in [0.29, 0.717) is 0 Å². The molecule has 1 atom stereocenters. The highest BCUT2D eigenvalue weighted by Crippen LogP contribution is 2.39. The number of carbonyl (C=O) groups excluding carboxylic acids is 1. The zero-order chi connectivity index (χ0) is 14.9. The first-order chi connectivity index (χ1) is 10.8. The molecule has 1 unspecified atom stereocenters. The lowest BCUT2D eigenvalue weighted by molar-refractivity contribution is 0.108. The Morgan fingerprint density at radius 1 is 0.864 bits per heavy atom. The number of nitrogens with zero attached hydrogens (tertiary/aromatic N) is 1. The Bertz CT molecular complexity index is 901. The zero-order valence-electron chi connectivity index (χ0n) is 11.9. The van der Waals surface area contributed by atoms with Gasteiger partial charge in [0.25, 0.3) is 0 Å². The molecule has 1 aliphatic rings. The molecular weight excluding hydrogens is 290 g/mol. The van der Waals surface area contributed by atoms with Gasteiger partial charge < -0.3 is 0 Å². The van der Waals surface area contributed by atoms with Crippen molar-refractivity contribution < 1.29 is 4.79 Å². The molecule has 0 fully saturated rings. The topological polar surface area (TPSA) is 29.4 Å². The summed E-state index contributed by atoms with van der Waals surface area (Å²) in [5.74, 6) is 0.761. The predicted molar refractivity (Wildman–Crippen MR) is 95.6 cm³/mol. The van der Waals surface area contributed by atoms with Gasteiger partial charge in [-0.25, -0.2) is 0 Å². The highest BCUT2D eigenvalue weighted by molar-refractivity contribution is 8.39. The van der Waals surface area contributed by atoms with Gasteiger partial charge >= 0.3 is 0 Å². The Balaban J connectivity index is 1.65. The van der Waals surface area contributed by atoms with Crippen LogP contribution in [0, 0.1) is 0 Å². The summed E-state index contributed by atoms with van der Waals surface area (Å²) in [7, 11) is -0.882. The molecule has 2 nitrogen and oxygen atoms in total. The third kappa shape index (κ3) is 2.34. The summed E-state index contributed by atoms with van der Waals surface area (Å²) in [5, 5.41) is 2.68. The minimum Gasteiger partial charge on any atom is -0.283 e. The van der Waals surface area contributed by atoms with E-state index in [1.165, 1.54) is 16.3 Å². The molecule has 0 aliphatic carbocycles. The fourth-order valence-electron chi connectivity index (χ4n) is 2.75. The van der Waals surface area contributed by atoms with E-state index < -0.39 is 10.9 Å². The van der Waals surface area contributed by atoms with Crippen molar-refractivity contribution in [2.45, 2.75) is 5.75 Å². The molecule has 0 saturated carbocycles. The maximum atomic E-state index is 12.6. The van der Waals surface area contributed by atoms with Crippen LogP contribution in [0.5, 0.6) is 0 Å². The number of hydrogen-bond donors (Lipinski definition) is 1. The van der Waals surface area contributed by atoms with Crippen molar-refractivity contribution in [1.82, 2.24) is 0 Å². The number of fused-ring (bicyclic) bond motifs is 2. The molecule has 0 spiro atoms. The summed E-state index contributed by atoms with van der Waals surface area (Å²) in [6.07, 6.45) is 0. The SMILES string of the molecule is O=C1c2ccccc2N=C[SH]1Cc1ccc2ccccc2c1. The molecular formula is C19H15NOS. The van der Waals surface area contributed by atoms with Crippen molar-refractivity contribution in [3.8, 4) is 0 Å². The normalized spacial score (nSPS) is 18.4. The molecule has 4 rings (SSSR count). The van der Waals surface area contributed by atoms with E-state index >= 15 is 0 Å². The number of carbonyl (C=O) groups is 1. The van der Waals surface area contributed by atoms with Crippen LogP contribution in [0.4, 0.5) is 5.69 Å². The molecule has 0 amide bonds. The molecule has 1 aliphatic heterocycles. The van der Waals surface area contributed by atoms with Crippen molar-refractivity contribution in [2.75, 3.05) is 0 Å². The van der Waals surface area contributed by atoms with E-state index in [1.54, 1.807) is 0 Å². The van der Waals surface area contributed by atoms with Gasteiger partial charge in [-0.1, -0.05) is 54.6 Å². The van der Waals surface area contributed by atoms with Gasteiger partial charge in [0.1, 0.15) is 0 Å². The minimum atomic E-state index is -0.882. The van der Waals surface area contributed by atoms with E-state index in [0.717, 1.165) is 17.0 Å². The van der Waals surface area contributed by atoms with Crippen LogP contribution < -0.4 is 0 Å². The summed E-state index contributed by atoms with van der Waals surface area (Å²) < 4.78 is 0. The van der Waals surface area contributed by atoms with E-state index in [9.17, 15) is 4.79 Å². The highest BCUT2D eigenvalue weighted by Gasteiger charge is 2.21. The Labute approximate surface area is 131 Å². The highest BCUT2D eigenvalue weighted by atomic mass is 32.2. The van der Waals surface area contributed by atoms with E-state index in [-0.39, 0.29) is 5.12 Å². The summed E-state index contributed by atoms with van der Waals surface area (Å²) in [6, 6.07) is 22.3. The molecule has 0 N–H and O–H groups in total. The number of para-hydroxylation sites is 1. The fourth-order valence-corrected chi connectivity index (χ4v) is 4.44. The average Bonchev–Trinajstić information content (AvgIpc) is 2.57. The molecule has 0 bridgehead atoms. The third-order valence-corrected chi connectivity index (χ3v) is 5.76. The summed E-state index contributed by atoms with van der Waals surface area (Å²) in [6.45, 7) is 0. The van der Waals surface area contributed by atoms with Gasteiger partial charge in [0, 0.05) is 11.3 Å². The van der Waals surface area contributed by atoms with Crippen LogP contribution in [0.15, 0.2) is 71.7 Å². The molecule has 0 saturated heterocycles. The van der Waals surface area contributed by atoms with Crippen LogP contribution >= 0.6 is 10.9 Å². The molecule has 0 aromatic heterocycles. The number of hydrogen-bond acceptors (Lipinski definition) is 2. The van der Waals surface area contributed by atoms with E-state index in [4.69, 9.17) is 0 Å². The first-order valence-electron chi connectivity index (χ1n) is 7.23. The van der Waals surface area contributed by atoms with Crippen LogP contribution in [-0.2, 0) is 5.75 Å². The van der Waals surface area contributed by atoms with Crippen molar-refractivity contribution in [2.24, 2.45) is 4.99 Å². The lowest BCUT2D eigenvalue weighted by Gasteiger charge is -2.20. The van der Waals surface area contributed by atoms with Gasteiger partial charge in [0.15, 0.2) is 0 Å². The maximum Gasteiger partial charge on any atom is 0.207 e. The second-order valence-electron chi connectivity index (χ2n) is 5.38. The van der Waals surface area contributed by atoms with Crippen molar-refractivity contribution in [1.29, 1.82) is 0 Å².